The van der Waals surface area contributed by atoms with Crippen molar-refractivity contribution in [1.82, 2.24) is 15.0 Å². The van der Waals surface area contributed by atoms with Gasteiger partial charge in [-0.1, -0.05) is 15.9 Å². The van der Waals surface area contributed by atoms with E-state index in [9.17, 15) is 4.79 Å². The molecule has 0 aliphatic rings. The highest BCUT2D eigenvalue weighted by atomic mass is 79.9. The molecule has 0 spiro atoms. The first-order valence-electron chi connectivity index (χ1n) is 5.17. The van der Waals surface area contributed by atoms with Crippen molar-refractivity contribution in [2.75, 3.05) is 12.3 Å². The van der Waals surface area contributed by atoms with E-state index in [0.29, 0.717) is 12.2 Å². The van der Waals surface area contributed by atoms with Crippen LogP contribution in [0.5, 0.6) is 0 Å². The van der Waals surface area contributed by atoms with E-state index >= 15 is 0 Å². The number of nitrogens with one attached hydrogen (secondary N) is 1. The number of alkyl halides is 1. The fourth-order valence-electron chi connectivity index (χ4n) is 1.48. The standard InChI is InChI=1S/C11H11BrN4O2/c12-8(5-18-6-17)7-3-10(15-4-7)9-1-2-14-11(13)16-9/h1-4,6,8,15H,5H2,(H2,13,14,16). The molecule has 6 nitrogen and oxygen atoms in total. The van der Waals surface area contributed by atoms with Crippen LogP contribution in [-0.2, 0) is 9.53 Å². The molecule has 0 saturated heterocycles. The Morgan fingerprint density at radius 2 is 2.44 bits per heavy atom. The van der Waals surface area contributed by atoms with E-state index in [1.165, 1.54) is 0 Å². The first-order valence-corrected chi connectivity index (χ1v) is 6.09. The molecule has 0 aromatic carbocycles. The molecule has 0 saturated carbocycles. The van der Waals surface area contributed by atoms with Gasteiger partial charge in [0.15, 0.2) is 0 Å². The van der Waals surface area contributed by atoms with Gasteiger partial charge in [-0.25, -0.2) is 9.97 Å². The number of hydrogen-bond donors (Lipinski definition) is 2. The Morgan fingerprint density at radius 1 is 1.61 bits per heavy atom. The largest absolute Gasteiger partial charge is 0.466 e. The van der Waals surface area contributed by atoms with Gasteiger partial charge in [-0.05, 0) is 17.7 Å². The van der Waals surface area contributed by atoms with E-state index < -0.39 is 0 Å². The lowest BCUT2D eigenvalue weighted by Gasteiger charge is -2.04. The number of halogens is 1. The normalized spacial score (nSPS) is 12.1. The maximum Gasteiger partial charge on any atom is 0.293 e. The predicted octanol–water partition coefficient (Wildman–Crippen LogP) is 1.66. The van der Waals surface area contributed by atoms with Crippen LogP contribution in [0.2, 0.25) is 0 Å². The summed E-state index contributed by atoms with van der Waals surface area (Å²) in [5.74, 6) is 0.225. The quantitative estimate of drug-likeness (QED) is 0.647. The summed E-state index contributed by atoms with van der Waals surface area (Å²) in [4.78, 5) is 21.1. The number of anilines is 1. The molecule has 0 fully saturated rings. The highest BCUT2D eigenvalue weighted by molar-refractivity contribution is 9.09. The summed E-state index contributed by atoms with van der Waals surface area (Å²) in [6, 6.07) is 3.67. The van der Waals surface area contributed by atoms with Gasteiger partial charge in [0.05, 0.1) is 16.2 Å². The summed E-state index contributed by atoms with van der Waals surface area (Å²) in [5, 5.41) is 0. The van der Waals surface area contributed by atoms with Crippen molar-refractivity contribution in [2.24, 2.45) is 0 Å². The maximum atomic E-state index is 10.1. The van der Waals surface area contributed by atoms with Crippen LogP contribution in [0.4, 0.5) is 5.95 Å². The highest BCUT2D eigenvalue weighted by Gasteiger charge is 2.11. The van der Waals surface area contributed by atoms with Crippen molar-refractivity contribution >= 4 is 28.4 Å². The molecular weight excluding hydrogens is 300 g/mol. The minimum atomic E-state index is -0.0631. The van der Waals surface area contributed by atoms with Crippen LogP contribution < -0.4 is 5.73 Å². The number of aromatic nitrogens is 3. The molecule has 2 aromatic heterocycles. The third-order valence-electron chi connectivity index (χ3n) is 2.33. The molecule has 2 heterocycles. The van der Waals surface area contributed by atoms with Crippen LogP contribution in [-0.4, -0.2) is 28.0 Å². The Morgan fingerprint density at radius 3 is 3.17 bits per heavy atom. The summed E-state index contributed by atoms with van der Waals surface area (Å²) in [6.07, 6.45) is 3.42. The lowest BCUT2D eigenvalue weighted by molar-refractivity contribution is -0.128. The second kappa shape index (κ2) is 5.63. The van der Waals surface area contributed by atoms with Gasteiger partial charge in [0, 0.05) is 12.4 Å². The van der Waals surface area contributed by atoms with Crippen LogP contribution in [0.1, 0.15) is 10.4 Å². The highest BCUT2D eigenvalue weighted by Crippen LogP contribution is 2.26. The summed E-state index contributed by atoms with van der Waals surface area (Å²) < 4.78 is 4.70. The van der Waals surface area contributed by atoms with Gasteiger partial charge in [0.25, 0.3) is 6.47 Å². The molecule has 1 atom stereocenters. The van der Waals surface area contributed by atoms with Gasteiger partial charge >= 0.3 is 0 Å². The second-order valence-corrected chi connectivity index (χ2v) is 4.65. The molecule has 0 amide bonds. The molecule has 7 heteroatoms. The van der Waals surface area contributed by atoms with E-state index in [0.717, 1.165) is 11.3 Å². The van der Waals surface area contributed by atoms with E-state index in [2.05, 4.69) is 30.9 Å². The molecule has 0 bridgehead atoms. The number of ether oxygens (including phenoxy) is 1. The SMILES string of the molecule is Nc1nccc(-c2cc(C(Br)COC=O)c[nH]2)n1. The monoisotopic (exact) mass is 310 g/mol. The number of carbonyl (C=O) groups excluding carboxylic acids is 1. The molecular formula is C11H11BrN4O2. The zero-order valence-electron chi connectivity index (χ0n) is 9.34. The molecule has 3 N–H and O–H groups in total. The minimum absolute atomic E-state index is 0.0631. The summed E-state index contributed by atoms with van der Waals surface area (Å²) in [7, 11) is 0. The van der Waals surface area contributed by atoms with Gasteiger partial charge in [-0.3, -0.25) is 4.79 Å². The number of rotatable bonds is 5. The third kappa shape index (κ3) is 2.86. The molecule has 1 unspecified atom stereocenters. The first kappa shape index (κ1) is 12.6. The lowest BCUT2D eigenvalue weighted by Crippen LogP contribution is -1.99. The zero-order chi connectivity index (χ0) is 13.0. The molecule has 0 aliphatic heterocycles. The molecule has 94 valence electrons. The third-order valence-corrected chi connectivity index (χ3v) is 3.12. The van der Waals surface area contributed by atoms with Crippen molar-refractivity contribution in [3.63, 3.8) is 0 Å². The Balaban J connectivity index is 2.17. The van der Waals surface area contributed by atoms with Crippen molar-refractivity contribution in [3.8, 4) is 11.4 Å². The molecule has 0 radical (unpaired) electrons. The number of nitrogens with two attached hydrogens (primary N) is 1. The van der Waals surface area contributed by atoms with Crippen molar-refractivity contribution < 1.29 is 9.53 Å². The Hall–Kier alpha value is -1.89. The number of aromatic amines is 1. The van der Waals surface area contributed by atoms with E-state index in [-0.39, 0.29) is 17.4 Å². The van der Waals surface area contributed by atoms with Crippen molar-refractivity contribution in [1.29, 1.82) is 0 Å². The van der Waals surface area contributed by atoms with Crippen LogP contribution >= 0.6 is 15.9 Å². The summed E-state index contributed by atoms with van der Waals surface area (Å²) in [5.41, 5.74) is 8.03. The maximum absolute atomic E-state index is 10.1. The van der Waals surface area contributed by atoms with Crippen molar-refractivity contribution in [2.45, 2.75) is 4.83 Å². The topological polar surface area (TPSA) is 93.9 Å². The number of carbonyl (C=O) groups is 1. The molecule has 2 rings (SSSR count). The average Bonchev–Trinajstić information content (AvgIpc) is 2.85. The van der Waals surface area contributed by atoms with Gasteiger partial charge < -0.3 is 15.5 Å². The zero-order valence-corrected chi connectivity index (χ0v) is 10.9. The van der Waals surface area contributed by atoms with Crippen LogP contribution in [0.15, 0.2) is 24.5 Å². The van der Waals surface area contributed by atoms with Crippen LogP contribution in [0.25, 0.3) is 11.4 Å². The first-order chi connectivity index (χ1) is 8.70. The number of H-pyrrole nitrogens is 1. The number of hydrogen-bond acceptors (Lipinski definition) is 5. The number of nitrogen functional groups attached to an aromatic ring is 1. The Kier molecular flexibility index (Phi) is 3.93. The minimum Gasteiger partial charge on any atom is -0.466 e. The summed E-state index contributed by atoms with van der Waals surface area (Å²) in [6.45, 7) is 0.694. The van der Waals surface area contributed by atoms with Crippen LogP contribution in [0.3, 0.4) is 0 Å². The van der Waals surface area contributed by atoms with E-state index in [1.54, 1.807) is 12.3 Å². The van der Waals surface area contributed by atoms with Crippen LogP contribution in [0, 0.1) is 0 Å². The molecule has 0 aliphatic carbocycles. The van der Waals surface area contributed by atoms with Gasteiger partial charge in [-0.2, -0.15) is 0 Å². The Labute approximate surface area is 112 Å². The summed E-state index contributed by atoms with van der Waals surface area (Å²) >= 11 is 3.43. The second-order valence-electron chi connectivity index (χ2n) is 3.54. The van der Waals surface area contributed by atoms with Gasteiger partial charge in [0.2, 0.25) is 5.95 Å². The lowest BCUT2D eigenvalue weighted by atomic mass is 10.2. The fraction of sp³-hybridized carbons (Fsp3) is 0.182. The van der Waals surface area contributed by atoms with Crippen molar-refractivity contribution in [3.05, 3.63) is 30.1 Å². The molecule has 2 aromatic rings. The van der Waals surface area contributed by atoms with Gasteiger partial charge in [0.1, 0.15) is 6.61 Å². The van der Waals surface area contributed by atoms with E-state index in [1.807, 2.05) is 12.3 Å². The predicted molar refractivity (Wildman–Crippen MR) is 69.9 cm³/mol. The number of nitrogens with zero attached hydrogens (tertiary/aromatic N) is 2. The molecule has 18 heavy (non-hydrogen) atoms. The fourth-order valence-corrected chi connectivity index (χ4v) is 1.90. The average molecular weight is 311 g/mol. The smallest absolute Gasteiger partial charge is 0.293 e. The van der Waals surface area contributed by atoms with E-state index in [4.69, 9.17) is 10.5 Å². The van der Waals surface area contributed by atoms with Gasteiger partial charge in [-0.15, -0.1) is 0 Å². The Bertz CT molecular complexity index is 543.